The van der Waals surface area contributed by atoms with Gasteiger partial charge in [0.1, 0.15) is 5.82 Å². The summed E-state index contributed by atoms with van der Waals surface area (Å²) in [6, 6.07) is 7.33. The molecule has 106 valence electrons. The van der Waals surface area contributed by atoms with Gasteiger partial charge >= 0.3 is 0 Å². The van der Waals surface area contributed by atoms with E-state index in [1.54, 1.807) is 0 Å². The molecule has 3 unspecified atom stereocenters. The van der Waals surface area contributed by atoms with Crippen LogP contribution >= 0.6 is 11.6 Å². The second-order valence-electron chi connectivity index (χ2n) is 6.57. The Kier molecular flexibility index (Phi) is 3.03. The Morgan fingerprint density at radius 1 is 1.30 bits per heavy atom. The van der Waals surface area contributed by atoms with Gasteiger partial charge in [-0.3, -0.25) is 0 Å². The van der Waals surface area contributed by atoms with Crippen LogP contribution in [0.1, 0.15) is 43.1 Å². The van der Waals surface area contributed by atoms with E-state index in [9.17, 15) is 0 Å². The van der Waals surface area contributed by atoms with Crippen molar-refractivity contribution < 1.29 is 0 Å². The fourth-order valence-electron chi connectivity index (χ4n) is 4.42. The second kappa shape index (κ2) is 4.77. The third kappa shape index (κ3) is 1.88. The van der Waals surface area contributed by atoms with Crippen LogP contribution in [0, 0.1) is 18.8 Å². The van der Waals surface area contributed by atoms with Gasteiger partial charge in [0.25, 0.3) is 0 Å². The molecule has 2 nitrogen and oxygen atoms in total. The summed E-state index contributed by atoms with van der Waals surface area (Å²) in [5.74, 6) is 3.67. The van der Waals surface area contributed by atoms with Crippen LogP contribution in [0.25, 0.3) is 11.0 Å². The van der Waals surface area contributed by atoms with E-state index in [0.29, 0.717) is 11.9 Å². The minimum absolute atomic E-state index is 0.656. The molecule has 20 heavy (non-hydrogen) atoms. The summed E-state index contributed by atoms with van der Waals surface area (Å²) in [4.78, 5) is 4.87. The monoisotopic (exact) mass is 288 g/mol. The number of hydrogen-bond donors (Lipinski definition) is 0. The summed E-state index contributed by atoms with van der Waals surface area (Å²) in [5.41, 5.74) is 3.74. The van der Waals surface area contributed by atoms with Crippen molar-refractivity contribution in [3.05, 3.63) is 29.6 Å². The van der Waals surface area contributed by atoms with Gasteiger partial charge in [-0.05, 0) is 55.7 Å². The first-order chi connectivity index (χ1) is 9.76. The minimum Gasteiger partial charge on any atom is -0.325 e. The van der Waals surface area contributed by atoms with Crippen molar-refractivity contribution in [1.29, 1.82) is 0 Å². The fourth-order valence-corrected chi connectivity index (χ4v) is 4.59. The molecule has 3 atom stereocenters. The summed E-state index contributed by atoms with van der Waals surface area (Å²) >= 11 is 6.00. The van der Waals surface area contributed by atoms with Crippen molar-refractivity contribution in [1.82, 2.24) is 9.55 Å². The van der Waals surface area contributed by atoms with Gasteiger partial charge in [0.05, 0.1) is 11.0 Å². The van der Waals surface area contributed by atoms with Gasteiger partial charge in [0.15, 0.2) is 0 Å². The molecule has 1 heterocycles. The molecular weight excluding hydrogens is 268 g/mol. The Labute approximate surface area is 125 Å². The summed E-state index contributed by atoms with van der Waals surface area (Å²) < 4.78 is 2.53. The average molecular weight is 289 g/mol. The third-order valence-electron chi connectivity index (χ3n) is 5.27. The molecule has 2 aliphatic carbocycles. The molecule has 2 saturated carbocycles. The van der Waals surface area contributed by atoms with E-state index in [1.165, 1.54) is 42.6 Å². The highest BCUT2D eigenvalue weighted by Gasteiger charge is 2.41. The van der Waals surface area contributed by atoms with Crippen LogP contribution in [-0.4, -0.2) is 15.4 Å². The molecule has 0 saturated heterocycles. The van der Waals surface area contributed by atoms with Gasteiger partial charge in [0, 0.05) is 18.3 Å². The van der Waals surface area contributed by atoms with Crippen molar-refractivity contribution >= 4 is 22.6 Å². The van der Waals surface area contributed by atoms with Gasteiger partial charge in [-0.1, -0.05) is 12.5 Å². The summed E-state index contributed by atoms with van der Waals surface area (Å²) in [5, 5.41) is 0. The number of aromatic nitrogens is 2. The molecule has 2 aliphatic rings. The van der Waals surface area contributed by atoms with E-state index < -0.39 is 0 Å². The summed E-state index contributed by atoms with van der Waals surface area (Å²) in [6.45, 7) is 2.14. The topological polar surface area (TPSA) is 17.8 Å². The highest BCUT2D eigenvalue weighted by Crippen LogP contribution is 2.51. The average Bonchev–Trinajstić information content (AvgIpc) is 3.11. The number of imidazole rings is 1. The first-order valence-corrected chi connectivity index (χ1v) is 8.33. The molecule has 2 aromatic rings. The molecule has 3 heteroatoms. The maximum absolute atomic E-state index is 6.00. The summed E-state index contributed by atoms with van der Waals surface area (Å²) in [6.07, 6.45) is 6.50. The van der Waals surface area contributed by atoms with Gasteiger partial charge in [-0.25, -0.2) is 4.98 Å². The number of alkyl halides is 1. The highest BCUT2D eigenvalue weighted by molar-refractivity contribution is 6.17. The molecule has 2 bridgehead atoms. The number of nitrogens with zero attached hydrogens (tertiary/aromatic N) is 2. The van der Waals surface area contributed by atoms with E-state index in [0.717, 1.165) is 23.8 Å². The Bertz CT molecular complexity index is 646. The van der Waals surface area contributed by atoms with Crippen molar-refractivity contribution in [3.8, 4) is 0 Å². The normalized spacial score (nSPS) is 28.6. The number of halogens is 1. The SMILES string of the molecule is Cc1ccc2c(c1)nc(CCCl)n2C1CC2CCC1C2. The maximum Gasteiger partial charge on any atom is 0.111 e. The van der Waals surface area contributed by atoms with E-state index in [-0.39, 0.29) is 0 Å². The zero-order valence-electron chi connectivity index (χ0n) is 12.0. The second-order valence-corrected chi connectivity index (χ2v) is 6.95. The fraction of sp³-hybridized carbons (Fsp3) is 0.588. The van der Waals surface area contributed by atoms with Crippen molar-refractivity contribution in [2.24, 2.45) is 11.8 Å². The smallest absolute Gasteiger partial charge is 0.111 e. The van der Waals surface area contributed by atoms with Crippen molar-refractivity contribution in [3.63, 3.8) is 0 Å². The molecule has 0 aliphatic heterocycles. The Morgan fingerprint density at radius 3 is 2.90 bits per heavy atom. The number of rotatable bonds is 3. The molecular formula is C17H21ClN2. The highest BCUT2D eigenvalue weighted by atomic mass is 35.5. The quantitative estimate of drug-likeness (QED) is 0.761. The van der Waals surface area contributed by atoms with Crippen LogP contribution in [0.3, 0.4) is 0 Å². The van der Waals surface area contributed by atoms with E-state index in [1.807, 2.05) is 0 Å². The van der Waals surface area contributed by atoms with Gasteiger partial charge < -0.3 is 4.57 Å². The maximum atomic E-state index is 6.00. The van der Waals surface area contributed by atoms with Crippen LogP contribution in [0.4, 0.5) is 0 Å². The lowest BCUT2D eigenvalue weighted by molar-refractivity contribution is 0.329. The largest absolute Gasteiger partial charge is 0.325 e. The van der Waals surface area contributed by atoms with Crippen LogP contribution in [0.5, 0.6) is 0 Å². The Hall–Kier alpha value is -1.02. The molecule has 0 amide bonds. The number of hydrogen-bond acceptors (Lipinski definition) is 1. The molecule has 1 aromatic heterocycles. The first kappa shape index (κ1) is 12.7. The van der Waals surface area contributed by atoms with Crippen molar-refractivity contribution in [2.75, 3.05) is 5.88 Å². The first-order valence-electron chi connectivity index (χ1n) is 7.79. The lowest BCUT2D eigenvalue weighted by atomic mass is 9.95. The van der Waals surface area contributed by atoms with Crippen LogP contribution in [0.15, 0.2) is 18.2 Å². The number of benzene rings is 1. The molecule has 0 radical (unpaired) electrons. The Morgan fingerprint density at radius 2 is 2.20 bits per heavy atom. The van der Waals surface area contributed by atoms with E-state index in [2.05, 4.69) is 29.7 Å². The predicted octanol–water partition coefficient (Wildman–Crippen LogP) is 4.49. The number of fused-ring (bicyclic) bond motifs is 3. The lowest BCUT2D eigenvalue weighted by Crippen LogP contribution is -2.18. The lowest BCUT2D eigenvalue weighted by Gasteiger charge is -2.25. The third-order valence-corrected chi connectivity index (χ3v) is 5.46. The summed E-state index contributed by atoms with van der Waals surface area (Å²) in [7, 11) is 0. The molecule has 4 rings (SSSR count). The zero-order valence-corrected chi connectivity index (χ0v) is 12.7. The van der Waals surface area contributed by atoms with Crippen LogP contribution in [0.2, 0.25) is 0 Å². The predicted molar refractivity (Wildman–Crippen MR) is 83.4 cm³/mol. The minimum atomic E-state index is 0.656. The number of aryl methyl sites for hydroxylation is 2. The zero-order chi connectivity index (χ0) is 13.7. The van der Waals surface area contributed by atoms with Gasteiger partial charge in [-0.15, -0.1) is 11.6 Å². The molecule has 0 N–H and O–H groups in total. The standard InChI is InChI=1S/C17H21ClN2/c1-11-2-5-15-14(8-11)19-17(6-7-18)20(15)16-10-12-3-4-13(16)9-12/h2,5,8,12-13,16H,3-4,6-7,9-10H2,1H3. The molecule has 1 aromatic carbocycles. The van der Waals surface area contributed by atoms with Crippen LogP contribution < -0.4 is 0 Å². The molecule has 2 fully saturated rings. The van der Waals surface area contributed by atoms with Crippen LogP contribution in [-0.2, 0) is 6.42 Å². The van der Waals surface area contributed by atoms with Gasteiger partial charge in [-0.2, -0.15) is 0 Å². The van der Waals surface area contributed by atoms with E-state index >= 15 is 0 Å². The molecule has 0 spiro atoms. The van der Waals surface area contributed by atoms with Gasteiger partial charge in [0.2, 0.25) is 0 Å². The van der Waals surface area contributed by atoms with E-state index in [4.69, 9.17) is 16.6 Å². The Balaban J connectivity index is 1.85. The van der Waals surface area contributed by atoms with Crippen molar-refractivity contribution in [2.45, 2.75) is 45.1 Å².